The van der Waals surface area contributed by atoms with Gasteiger partial charge in [0, 0.05) is 0 Å². The Hall–Kier alpha value is -0.620. The van der Waals surface area contributed by atoms with Gasteiger partial charge in [0.1, 0.15) is 24.4 Å². The fourth-order valence-electron chi connectivity index (χ4n) is 12.0. The summed E-state index contributed by atoms with van der Waals surface area (Å²) in [6, 6.07) is 0. The molecule has 45 heavy (non-hydrogen) atoms. The van der Waals surface area contributed by atoms with Gasteiger partial charge in [0.2, 0.25) is 0 Å². The molecule has 16 atom stereocenters. The normalized spacial score (nSPS) is 52.2. The maximum Gasteiger partial charge on any atom is 0.186 e. The molecule has 4 saturated carbocycles. The molecular weight excluding hydrogens is 576 g/mol. The summed E-state index contributed by atoms with van der Waals surface area (Å²) in [6.45, 7) is 16.7. The van der Waals surface area contributed by atoms with Gasteiger partial charge in [-0.25, -0.2) is 0 Å². The van der Waals surface area contributed by atoms with E-state index in [9.17, 15) is 35.7 Å². The van der Waals surface area contributed by atoms with Crippen LogP contribution in [0.1, 0.15) is 107 Å². The number of aliphatic hydroxyl groups excluding tert-OH is 6. The van der Waals surface area contributed by atoms with Gasteiger partial charge in [0.05, 0.1) is 30.5 Å². The number of fused-ring (bicyclic) bond motifs is 5. The van der Waals surface area contributed by atoms with E-state index in [-0.39, 0.29) is 39.9 Å². The molecular formula is C36H62O9. The molecule has 0 aromatic carbocycles. The first-order valence-electron chi connectivity index (χ1n) is 17.4. The second-order valence-electron chi connectivity index (χ2n) is 17.5. The Bertz CT molecular complexity index is 1100. The van der Waals surface area contributed by atoms with E-state index in [1.807, 2.05) is 6.92 Å². The van der Waals surface area contributed by atoms with Crippen LogP contribution in [-0.4, -0.2) is 97.0 Å². The van der Waals surface area contributed by atoms with Crippen LogP contribution in [0.15, 0.2) is 11.6 Å². The second kappa shape index (κ2) is 12.1. The largest absolute Gasteiger partial charge is 0.394 e. The summed E-state index contributed by atoms with van der Waals surface area (Å²) in [5, 5.41) is 77.0. The highest BCUT2D eigenvalue weighted by molar-refractivity contribution is 5.21. The first-order chi connectivity index (χ1) is 20.8. The fourth-order valence-corrected chi connectivity index (χ4v) is 12.0. The third-order valence-corrected chi connectivity index (χ3v) is 14.4. The molecule has 7 N–H and O–H groups in total. The highest BCUT2D eigenvalue weighted by Gasteiger charge is 2.73. The molecule has 5 aliphatic rings. The SMILES string of the molecule is CC(C)=CCC[C@](C)(O)[C@H]1CC[C@]2(C)[C@@H]1[C@H](O)C[C@@H]1[C@@]3(C)CC[C@H](O[C@@H]4O[C@H](CO)[C@@H](O)[C@H](O)[C@H]4O)C(C)(C)[C@@H]3[C@@H](O)C[C@]12C. The lowest BCUT2D eigenvalue weighted by Gasteiger charge is -2.71. The van der Waals surface area contributed by atoms with E-state index in [0.717, 1.165) is 25.7 Å². The third kappa shape index (κ3) is 5.48. The molecule has 9 heteroatoms. The van der Waals surface area contributed by atoms with Crippen LogP contribution < -0.4 is 0 Å². The molecule has 0 aromatic rings. The molecule has 1 saturated heterocycles. The zero-order valence-electron chi connectivity index (χ0n) is 28.8. The predicted octanol–water partition coefficient (Wildman–Crippen LogP) is 3.30. The van der Waals surface area contributed by atoms with E-state index in [1.165, 1.54) is 5.57 Å². The molecule has 5 fully saturated rings. The van der Waals surface area contributed by atoms with Crippen LogP contribution in [0.4, 0.5) is 0 Å². The van der Waals surface area contributed by atoms with Crippen molar-refractivity contribution in [2.24, 2.45) is 45.3 Å². The molecule has 1 heterocycles. The summed E-state index contributed by atoms with van der Waals surface area (Å²) < 4.78 is 12.1. The van der Waals surface area contributed by atoms with E-state index in [2.05, 4.69) is 54.5 Å². The van der Waals surface area contributed by atoms with Crippen LogP contribution in [0.2, 0.25) is 0 Å². The molecule has 9 nitrogen and oxygen atoms in total. The topological polar surface area (TPSA) is 160 Å². The zero-order chi connectivity index (χ0) is 33.5. The fraction of sp³-hybridized carbons (Fsp3) is 0.944. The quantitative estimate of drug-likeness (QED) is 0.164. The zero-order valence-corrected chi connectivity index (χ0v) is 28.8. The van der Waals surface area contributed by atoms with Crippen LogP contribution in [0.5, 0.6) is 0 Å². The van der Waals surface area contributed by atoms with Crippen LogP contribution in [0.25, 0.3) is 0 Å². The Morgan fingerprint density at radius 2 is 1.58 bits per heavy atom. The van der Waals surface area contributed by atoms with Gasteiger partial charge in [-0.2, -0.15) is 0 Å². The van der Waals surface area contributed by atoms with Crippen molar-refractivity contribution in [3.8, 4) is 0 Å². The van der Waals surface area contributed by atoms with Crippen molar-refractivity contribution in [1.29, 1.82) is 0 Å². The van der Waals surface area contributed by atoms with Gasteiger partial charge in [-0.3, -0.25) is 0 Å². The molecule has 1 aliphatic heterocycles. The molecule has 0 unspecified atom stereocenters. The molecule has 0 bridgehead atoms. The van der Waals surface area contributed by atoms with Crippen molar-refractivity contribution in [2.45, 2.75) is 161 Å². The number of aliphatic hydroxyl groups is 7. The van der Waals surface area contributed by atoms with Crippen molar-refractivity contribution >= 4 is 0 Å². The smallest absolute Gasteiger partial charge is 0.186 e. The maximum atomic E-state index is 12.2. The van der Waals surface area contributed by atoms with Crippen molar-refractivity contribution in [1.82, 2.24) is 0 Å². The Morgan fingerprint density at radius 3 is 2.20 bits per heavy atom. The van der Waals surface area contributed by atoms with E-state index in [0.29, 0.717) is 25.7 Å². The van der Waals surface area contributed by atoms with Gasteiger partial charge in [0.15, 0.2) is 6.29 Å². The Labute approximate surface area is 270 Å². The number of ether oxygens (including phenoxy) is 2. The highest BCUT2D eigenvalue weighted by atomic mass is 16.7. The monoisotopic (exact) mass is 638 g/mol. The lowest BCUT2D eigenvalue weighted by Crippen LogP contribution is -2.70. The standard InChI is InChI=1S/C36H62O9/c1-19(2)10-9-13-36(8,43)20-11-15-34(6)26(20)21(38)16-24-33(5)14-12-25(32(3,4)30(33)22(39)17-35(24,34)7)45-31-29(42)28(41)27(40)23(18-37)44-31/h10,20-31,37-43H,9,11-18H2,1-8H3/t20-,21+,22-,23+,24+,25-,26-,27+,28-,29+,30-,31-,33+,34+,35+,36-/m0/s1. The maximum absolute atomic E-state index is 12.2. The van der Waals surface area contributed by atoms with Crippen molar-refractivity contribution in [2.75, 3.05) is 6.61 Å². The van der Waals surface area contributed by atoms with Crippen molar-refractivity contribution in [3.05, 3.63) is 11.6 Å². The van der Waals surface area contributed by atoms with Gasteiger partial charge in [0.25, 0.3) is 0 Å². The molecule has 0 spiro atoms. The minimum Gasteiger partial charge on any atom is -0.394 e. The third-order valence-electron chi connectivity index (χ3n) is 14.4. The number of allylic oxidation sites excluding steroid dienone is 2. The average molecular weight is 639 g/mol. The number of hydrogen-bond donors (Lipinski definition) is 7. The minimum absolute atomic E-state index is 0.0115. The summed E-state index contributed by atoms with van der Waals surface area (Å²) in [7, 11) is 0. The van der Waals surface area contributed by atoms with Gasteiger partial charge < -0.3 is 45.2 Å². The molecule has 0 amide bonds. The predicted molar refractivity (Wildman–Crippen MR) is 170 cm³/mol. The van der Waals surface area contributed by atoms with E-state index in [4.69, 9.17) is 9.47 Å². The average Bonchev–Trinajstić information content (AvgIpc) is 3.32. The summed E-state index contributed by atoms with van der Waals surface area (Å²) in [6.07, 6.45) is -0.292. The van der Waals surface area contributed by atoms with Gasteiger partial charge in [-0.15, -0.1) is 0 Å². The van der Waals surface area contributed by atoms with E-state index in [1.54, 1.807) is 0 Å². The van der Waals surface area contributed by atoms with Crippen molar-refractivity contribution < 1.29 is 45.2 Å². The first kappa shape index (κ1) is 35.7. The number of rotatable bonds is 7. The van der Waals surface area contributed by atoms with E-state index >= 15 is 0 Å². The van der Waals surface area contributed by atoms with E-state index < -0.39 is 66.6 Å². The number of hydrogen-bond acceptors (Lipinski definition) is 9. The lowest BCUT2D eigenvalue weighted by atomic mass is 9.34. The molecule has 0 radical (unpaired) electrons. The summed E-state index contributed by atoms with van der Waals surface area (Å²) in [5.41, 5.74) is -0.992. The summed E-state index contributed by atoms with van der Waals surface area (Å²) >= 11 is 0. The Morgan fingerprint density at radius 1 is 0.911 bits per heavy atom. The first-order valence-corrected chi connectivity index (χ1v) is 17.4. The molecule has 0 aromatic heterocycles. The van der Waals surface area contributed by atoms with Crippen molar-refractivity contribution in [3.63, 3.8) is 0 Å². The summed E-state index contributed by atoms with van der Waals surface area (Å²) in [5.74, 6) is -0.0748. The van der Waals surface area contributed by atoms with Crippen LogP contribution >= 0.6 is 0 Å². The van der Waals surface area contributed by atoms with Gasteiger partial charge in [-0.1, -0.05) is 46.3 Å². The summed E-state index contributed by atoms with van der Waals surface area (Å²) in [4.78, 5) is 0. The van der Waals surface area contributed by atoms with Crippen LogP contribution in [0, 0.1) is 45.3 Å². The van der Waals surface area contributed by atoms with Gasteiger partial charge >= 0.3 is 0 Å². The molecule has 4 aliphatic carbocycles. The minimum atomic E-state index is -1.51. The van der Waals surface area contributed by atoms with Crippen LogP contribution in [-0.2, 0) is 9.47 Å². The van der Waals surface area contributed by atoms with Crippen LogP contribution in [0.3, 0.4) is 0 Å². The Kier molecular flexibility index (Phi) is 9.56. The Balaban J connectivity index is 1.41. The second-order valence-corrected chi connectivity index (χ2v) is 17.5. The lowest BCUT2D eigenvalue weighted by molar-refractivity contribution is -0.337. The molecule has 260 valence electrons. The molecule has 5 rings (SSSR count). The highest BCUT2D eigenvalue weighted by Crippen LogP contribution is 2.76. The van der Waals surface area contributed by atoms with Gasteiger partial charge in [-0.05, 0) is 117 Å².